The van der Waals surface area contributed by atoms with Gasteiger partial charge in [0.2, 0.25) is 0 Å². The summed E-state index contributed by atoms with van der Waals surface area (Å²) < 4.78 is 27.7. The molecule has 0 unspecified atom stereocenters. The number of hydrogen-bond donors (Lipinski definition) is 1. The topological polar surface area (TPSA) is 69.7 Å². The molecule has 6 nitrogen and oxygen atoms in total. The second-order valence-electron chi connectivity index (χ2n) is 8.40. The lowest BCUT2D eigenvalue weighted by Gasteiger charge is -2.34. The largest absolute Gasteiger partial charge is 0.336 e. The maximum Gasteiger partial charge on any atom is 0.261 e. The minimum Gasteiger partial charge on any atom is -0.336 e. The second-order valence-corrected chi connectivity index (χ2v) is 10.1. The maximum absolute atomic E-state index is 12.9. The lowest BCUT2D eigenvalue weighted by Crippen LogP contribution is -2.48. The van der Waals surface area contributed by atoms with E-state index in [1.807, 2.05) is 30.0 Å². The van der Waals surface area contributed by atoms with Crippen LogP contribution in [0.5, 0.6) is 0 Å². The number of sulfonamides is 1. The van der Waals surface area contributed by atoms with E-state index in [1.165, 1.54) is 5.56 Å². The van der Waals surface area contributed by atoms with Gasteiger partial charge in [-0.3, -0.25) is 14.4 Å². The van der Waals surface area contributed by atoms with Crippen molar-refractivity contribution < 1.29 is 13.2 Å². The van der Waals surface area contributed by atoms with E-state index >= 15 is 0 Å². The first kappa shape index (κ1) is 23.7. The minimum atomic E-state index is -3.67. The van der Waals surface area contributed by atoms with E-state index in [0.29, 0.717) is 24.3 Å². The predicted octanol–water partition coefficient (Wildman–Crippen LogP) is 4.27. The molecule has 0 saturated carbocycles. The zero-order chi connectivity index (χ0) is 24.0. The van der Waals surface area contributed by atoms with Crippen LogP contribution in [0.4, 0.5) is 5.69 Å². The molecule has 1 amide bonds. The number of benzene rings is 3. The highest BCUT2D eigenvalue weighted by atomic mass is 32.2. The van der Waals surface area contributed by atoms with Crippen molar-refractivity contribution in [3.63, 3.8) is 0 Å². The second kappa shape index (κ2) is 10.7. The predicted molar refractivity (Wildman–Crippen MR) is 136 cm³/mol. The number of carbonyl (C=O) groups excluding carboxylic acids is 1. The molecule has 0 spiro atoms. The number of aryl methyl sites for hydroxylation is 1. The van der Waals surface area contributed by atoms with E-state index in [9.17, 15) is 13.2 Å². The highest BCUT2D eigenvalue weighted by Crippen LogP contribution is 2.18. The lowest BCUT2D eigenvalue weighted by molar-refractivity contribution is 0.0650. The third-order valence-corrected chi connectivity index (χ3v) is 7.25. The molecule has 3 aromatic carbocycles. The number of carbonyl (C=O) groups is 1. The Labute approximate surface area is 201 Å². The summed E-state index contributed by atoms with van der Waals surface area (Å²) in [4.78, 5) is 17.3. The molecule has 1 fully saturated rings. The fourth-order valence-corrected chi connectivity index (χ4v) is 4.89. The van der Waals surface area contributed by atoms with Gasteiger partial charge >= 0.3 is 0 Å². The number of nitrogens with one attached hydrogen (secondary N) is 1. The summed E-state index contributed by atoms with van der Waals surface area (Å²) in [5.74, 6) is -0.0348. The summed E-state index contributed by atoms with van der Waals surface area (Å²) in [6, 6.07) is 23.5. The SMILES string of the molecule is Cc1ccc(S(=O)(=O)Nc2ccc(C(=O)N3CCN(C/C=C/c4ccccc4)CC3)cc2)cc1. The average molecular weight is 476 g/mol. The number of hydrogen-bond acceptors (Lipinski definition) is 4. The fraction of sp³-hybridized carbons (Fsp3) is 0.222. The quantitative estimate of drug-likeness (QED) is 0.554. The van der Waals surface area contributed by atoms with Crippen LogP contribution >= 0.6 is 0 Å². The lowest BCUT2D eigenvalue weighted by atomic mass is 10.1. The molecule has 34 heavy (non-hydrogen) atoms. The van der Waals surface area contributed by atoms with Gasteiger partial charge in [0.15, 0.2) is 0 Å². The Balaban J connectivity index is 1.29. The van der Waals surface area contributed by atoms with Crippen LogP contribution in [0.1, 0.15) is 21.5 Å². The van der Waals surface area contributed by atoms with Crippen molar-refractivity contribution in [2.75, 3.05) is 37.4 Å². The molecule has 0 bridgehead atoms. The van der Waals surface area contributed by atoms with E-state index in [2.05, 4.69) is 33.9 Å². The summed E-state index contributed by atoms with van der Waals surface area (Å²) in [5, 5.41) is 0. The standard InChI is InChI=1S/C27H29N3O3S/c1-22-9-15-26(16-10-22)34(32,33)28-25-13-11-24(12-14-25)27(31)30-20-18-29(19-21-30)17-5-8-23-6-3-2-4-7-23/h2-16,28H,17-21H2,1H3/b8-5+. The van der Waals surface area contributed by atoms with Gasteiger partial charge in [0.1, 0.15) is 0 Å². The van der Waals surface area contributed by atoms with Crippen LogP contribution in [0.2, 0.25) is 0 Å². The molecule has 4 rings (SSSR count). The van der Waals surface area contributed by atoms with Crippen LogP contribution in [0, 0.1) is 6.92 Å². The maximum atomic E-state index is 12.9. The van der Waals surface area contributed by atoms with Gasteiger partial charge in [0.05, 0.1) is 4.90 Å². The molecule has 0 atom stereocenters. The van der Waals surface area contributed by atoms with Gasteiger partial charge < -0.3 is 4.90 Å². The first-order valence-corrected chi connectivity index (χ1v) is 12.8. The van der Waals surface area contributed by atoms with E-state index in [1.54, 1.807) is 48.5 Å². The summed E-state index contributed by atoms with van der Waals surface area (Å²) >= 11 is 0. The van der Waals surface area contributed by atoms with E-state index in [0.717, 1.165) is 25.2 Å². The van der Waals surface area contributed by atoms with Crippen LogP contribution in [0.25, 0.3) is 6.08 Å². The van der Waals surface area contributed by atoms with Crippen molar-refractivity contribution in [2.45, 2.75) is 11.8 Å². The molecule has 1 N–H and O–H groups in total. The van der Waals surface area contributed by atoms with Crippen molar-refractivity contribution >= 4 is 27.7 Å². The van der Waals surface area contributed by atoms with Gasteiger partial charge in [-0.25, -0.2) is 8.42 Å². The van der Waals surface area contributed by atoms with Crippen molar-refractivity contribution in [3.05, 3.63) is 102 Å². The number of nitrogens with zero attached hydrogens (tertiary/aromatic N) is 2. The molecule has 7 heteroatoms. The first-order valence-electron chi connectivity index (χ1n) is 11.3. The molecule has 3 aromatic rings. The van der Waals surface area contributed by atoms with Gasteiger partial charge in [-0.05, 0) is 48.9 Å². The molecule has 1 heterocycles. The Morgan fingerprint density at radius 2 is 1.53 bits per heavy atom. The number of anilines is 1. The number of rotatable bonds is 7. The fourth-order valence-electron chi connectivity index (χ4n) is 3.83. The Morgan fingerprint density at radius 3 is 2.18 bits per heavy atom. The van der Waals surface area contributed by atoms with Crippen molar-refractivity contribution in [1.82, 2.24) is 9.80 Å². The number of piperazine rings is 1. The van der Waals surface area contributed by atoms with Crippen molar-refractivity contribution in [3.8, 4) is 0 Å². The van der Waals surface area contributed by atoms with Crippen LogP contribution in [-0.4, -0.2) is 56.8 Å². The smallest absolute Gasteiger partial charge is 0.261 e. The molecule has 176 valence electrons. The van der Waals surface area contributed by atoms with Gasteiger partial charge in [-0.2, -0.15) is 0 Å². The normalized spacial score (nSPS) is 14.9. The Kier molecular flexibility index (Phi) is 7.45. The average Bonchev–Trinajstić information content (AvgIpc) is 2.85. The van der Waals surface area contributed by atoms with Crippen LogP contribution in [0.15, 0.2) is 89.8 Å². The van der Waals surface area contributed by atoms with E-state index in [-0.39, 0.29) is 10.8 Å². The zero-order valence-electron chi connectivity index (χ0n) is 19.2. The monoisotopic (exact) mass is 475 g/mol. The molecule has 1 aliphatic heterocycles. The van der Waals surface area contributed by atoms with Gasteiger partial charge in [0, 0.05) is 44.0 Å². The van der Waals surface area contributed by atoms with Crippen molar-refractivity contribution in [2.24, 2.45) is 0 Å². The van der Waals surface area contributed by atoms with Gasteiger partial charge in [0.25, 0.3) is 15.9 Å². The Bertz CT molecular complexity index is 1230. The summed E-state index contributed by atoms with van der Waals surface area (Å²) in [6.07, 6.45) is 4.27. The zero-order valence-corrected chi connectivity index (χ0v) is 20.0. The third kappa shape index (κ3) is 6.12. The first-order chi connectivity index (χ1) is 16.4. The minimum absolute atomic E-state index is 0.0348. The van der Waals surface area contributed by atoms with Gasteiger partial charge in [-0.1, -0.05) is 60.2 Å². The Hall–Kier alpha value is -3.42. The molecule has 0 aliphatic carbocycles. The summed E-state index contributed by atoms with van der Waals surface area (Å²) in [7, 11) is -3.67. The van der Waals surface area contributed by atoms with Crippen molar-refractivity contribution in [1.29, 1.82) is 0 Å². The molecule has 0 radical (unpaired) electrons. The summed E-state index contributed by atoms with van der Waals surface area (Å²) in [6.45, 7) is 5.73. The third-order valence-electron chi connectivity index (χ3n) is 5.85. The van der Waals surface area contributed by atoms with Crippen LogP contribution < -0.4 is 4.72 Å². The summed E-state index contributed by atoms with van der Waals surface area (Å²) in [5.41, 5.74) is 3.15. The van der Waals surface area contributed by atoms with Crippen LogP contribution in [0.3, 0.4) is 0 Å². The number of amides is 1. The Morgan fingerprint density at radius 1 is 0.882 bits per heavy atom. The molecule has 1 aliphatic rings. The highest BCUT2D eigenvalue weighted by Gasteiger charge is 2.22. The molecule has 1 saturated heterocycles. The highest BCUT2D eigenvalue weighted by molar-refractivity contribution is 7.92. The molecular weight excluding hydrogens is 446 g/mol. The molecular formula is C27H29N3O3S. The van der Waals surface area contributed by atoms with E-state index in [4.69, 9.17) is 0 Å². The molecule has 0 aromatic heterocycles. The van der Waals surface area contributed by atoms with E-state index < -0.39 is 10.0 Å². The van der Waals surface area contributed by atoms with Crippen LogP contribution in [-0.2, 0) is 10.0 Å². The van der Waals surface area contributed by atoms with Gasteiger partial charge in [-0.15, -0.1) is 0 Å².